The van der Waals surface area contributed by atoms with Gasteiger partial charge in [0.15, 0.2) is 17.3 Å². The second kappa shape index (κ2) is 6.62. The van der Waals surface area contributed by atoms with E-state index >= 15 is 0 Å². The molecule has 2 N–H and O–H groups in total. The molecule has 0 radical (unpaired) electrons. The quantitative estimate of drug-likeness (QED) is 0.482. The van der Waals surface area contributed by atoms with Gasteiger partial charge in [0, 0.05) is 46.8 Å². The summed E-state index contributed by atoms with van der Waals surface area (Å²) in [5.41, 5.74) is 5.03. The summed E-state index contributed by atoms with van der Waals surface area (Å²) in [7, 11) is 0. The first kappa shape index (κ1) is 17.1. The fourth-order valence-corrected chi connectivity index (χ4v) is 4.27. The van der Waals surface area contributed by atoms with E-state index in [1.807, 2.05) is 0 Å². The highest BCUT2D eigenvalue weighted by molar-refractivity contribution is 5.85. The van der Waals surface area contributed by atoms with E-state index in [1.54, 1.807) is 23.1 Å². The molecule has 4 aromatic heterocycles. The standard InChI is InChI=1S/C22H18FN7/c23-14-9-13(11-24-12-14)20-28-21(22-25-7-8-30(22)29-20)26-15-5-6-19-17(10-15)16-3-1-2-4-18(16)27-19/h1-4,7-9,11-12,15,27H,5-6,10H2,(H,26,28,29). The van der Waals surface area contributed by atoms with Gasteiger partial charge < -0.3 is 10.3 Å². The molecule has 148 valence electrons. The van der Waals surface area contributed by atoms with Crippen molar-refractivity contribution in [3.05, 3.63) is 72.2 Å². The van der Waals surface area contributed by atoms with Gasteiger partial charge in [-0.05, 0) is 37.0 Å². The number of nitrogens with zero attached hydrogens (tertiary/aromatic N) is 5. The Labute approximate surface area is 171 Å². The largest absolute Gasteiger partial charge is 0.364 e. The first-order valence-electron chi connectivity index (χ1n) is 9.92. The first-order valence-corrected chi connectivity index (χ1v) is 9.92. The zero-order valence-electron chi connectivity index (χ0n) is 16.0. The molecule has 0 fully saturated rings. The molecule has 1 aromatic carbocycles. The Morgan fingerprint density at radius 1 is 1.20 bits per heavy atom. The van der Waals surface area contributed by atoms with Crippen molar-refractivity contribution in [2.24, 2.45) is 0 Å². The molecule has 1 atom stereocenters. The van der Waals surface area contributed by atoms with Crippen molar-refractivity contribution in [1.82, 2.24) is 29.5 Å². The molecule has 0 amide bonds. The van der Waals surface area contributed by atoms with Crippen LogP contribution in [0.5, 0.6) is 0 Å². The molecule has 8 heteroatoms. The Balaban J connectivity index is 1.37. The zero-order valence-corrected chi connectivity index (χ0v) is 16.0. The summed E-state index contributed by atoms with van der Waals surface area (Å²) in [6.45, 7) is 0. The van der Waals surface area contributed by atoms with Crippen LogP contribution in [0.25, 0.3) is 27.9 Å². The lowest BCUT2D eigenvalue weighted by atomic mass is 9.91. The smallest absolute Gasteiger partial charge is 0.196 e. The molecule has 0 bridgehead atoms. The molecule has 1 aliphatic carbocycles. The van der Waals surface area contributed by atoms with Crippen molar-refractivity contribution in [3.63, 3.8) is 0 Å². The van der Waals surface area contributed by atoms with Crippen molar-refractivity contribution in [3.8, 4) is 11.4 Å². The van der Waals surface area contributed by atoms with Gasteiger partial charge >= 0.3 is 0 Å². The van der Waals surface area contributed by atoms with E-state index in [-0.39, 0.29) is 6.04 Å². The van der Waals surface area contributed by atoms with E-state index in [0.717, 1.165) is 19.3 Å². The third kappa shape index (κ3) is 2.80. The molecule has 0 spiro atoms. The number of imidazole rings is 1. The van der Waals surface area contributed by atoms with Gasteiger partial charge in [-0.3, -0.25) is 4.98 Å². The summed E-state index contributed by atoms with van der Waals surface area (Å²) in [6.07, 6.45) is 9.01. The van der Waals surface area contributed by atoms with Crippen molar-refractivity contribution < 1.29 is 4.39 Å². The Morgan fingerprint density at radius 3 is 3.07 bits per heavy atom. The van der Waals surface area contributed by atoms with Gasteiger partial charge in [0.05, 0.1) is 6.20 Å². The predicted octanol–water partition coefficient (Wildman–Crippen LogP) is 3.78. The number of anilines is 1. The summed E-state index contributed by atoms with van der Waals surface area (Å²) < 4.78 is 15.3. The summed E-state index contributed by atoms with van der Waals surface area (Å²) in [5.74, 6) is 0.622. The maximum Gasteiger partial charge on any atom is 0.196 e. The van der Waals surface area contributed by atoms with Crippen LogP contribution in [0.2, 0.25) is 0 Å². The van der Waals surface area contributed by atoms with Crippen LogP contribution in [-0.2, 0) is 12.8 Å². The summed E-state index contributed by atoms with van der Waals surface area (Å²) in [4.78, 5) is 16.5. The SMILES string of the molecule is Fc1cncc(-c2nc(NC3CCc4[nH]c5ccccc5c4C3)c3nccn3n2)c1. The lowest BCUT2D eigenvalue weighted by Crippen LogP contribution is -2.28. The van der Waals surface area contributed by atoms with Crippen LogP contribution in [0.4, 0.5) is 10.2 Å². The van der Waals surface area contributed by atoms with Crippen molar-refractivity contribution in [2.45, 2.75) is 25.3 Å². The lowest BCUT2D eigenvalue weighted by Gasteiger charge is -2.24. The molecule has 0 saturated heterocycles. The number of H-pyrrole nitrogens is 1. The summed E-state index contributed by atoms with van der Waals surface area (Å²) in [6, 6.07) is 10.0. The van der Waals surface area contributed by atoms with Crippen LogP contribution in [0.15, 0.2) is 55.1 Å². The minimum Gasteiger partial charge on any atom is -0.364 e. The normalized spacial score (nSPS) is 16.1. The number of hydrogen-bond donors (Lipinski definition) is 2. The third-order valence-corrected chi connectivity index (χ3v) is 5.65. The minimum atomic E-state index is -0.421. The average Bonchev–Trinajstić information content (AvgIpc) is 3.38. The predicted molar refractivity (Wildman–Crippen MR) is 112 cm³/mol. The van der Waals surface area contributed by atoms with Gasteiger partial charge in [-0.1, -0.05) is 18.2 Å². The maximum absolute atomic E-state index is 13.7. The van der Waals surface area contributed by atoms with Crippen LogP contribution < -0.4 is 5.32 Å². The van der Waals surface area contributed by atoms with Gasteiger partial charge in [0.1, 0.15) is 5.82 Å². The van der Waals surface area contributed by atoms with Crippen LogP contribution >= 0.6 is 0 Å². The number of aryl methyl sites for hydroxylation is 1. The number of rotatable bonds is 3. The Kier molecular flexibility index (Phi) is 3.77. The minimum absolute atomic E-state index is 0.214. The zero-order chi connectivity index (χ0) is 20.1. The summed E-state index contributed by atoms with van der Waals surface area (Å²) in [5, 5.41) is 9.30. The Hall–Kier alpha value is -3.81. The summed E-state index contributed by atoms with van der Waals surface area (Å²) >= 11 is 0. The van der Waals surface area contributed by atoms with E-state index in [9.17, 15) is 4.39 Å². The molecule has 7 nitrogen and oxygen atoms in total. The van der Waals surface area contributed by atoms with E-state index in [1.165, 1.54) is 34.4 Å². The Morgan fingerprint density at radius 2 is 2.13 bits per heavy atom. The van der Waals surface area contributed by atoms with E-state index in [0.29, 0.717) is 22.9 Å². The van der Waals surface area contributed by atoms with Crippen LogP contribution in [-0.4, -0.2) is 35.6 Å². The molecule has 6 rings (SSSR count). The van der Waals surface area contributed by atoms with Crippen LogP contribution in [0.1, 0.15) is 17.7 Å². The molecule has 1 aliphatic rings. The number of benzene rings is 1. The molecule has 30 heavy (non-hydrogen) atoms. The third-order valence-electron chi connectivity index (χ3n) is 5.65. The number of halogens is 1. The molecule has 5 aromatic rings. The number of aromatic nitrogens is 6. The van der Waals surface area contributed by atoms with Gasteiger partial charge in [-0.15, -0.1) is 5.10 Å². The highest BCUT2D eigenvalue weighted by atomic mass is 19.1. The van der Waals surface area contributed by atoms with E-state index < -0.39 is 5.82 Å². The van der Waals surface area contributed by atoms with Gasteiger partial charge in [0.25, 0.3) is 0 Å². The molecular weight excluding hydrogens is 381 g/mol. The van der Waals surface area contributed by atoms with Crippen LogP contribution in [0.3, 0.4) is 0 Å². The van der Waals surface area contributed by atoms with Gasteiger partial charge in [0.2, 0.25) is 0 Å². The maximum atomic E-state index is 13.7. The second-order valence-electron chi connectivity index (χ2n) is 7.58. The molecule has 4 heterocycles. The molecule has 0 saturated carbocycles. The molecule has 0 aliphatic heterocycles. The highest BCUT2D eigenvalue weighted by Gasteiger charge is 2.24. The number of para-hydroxylation sites is 1. The number of hydrogen-bond acceptors (Lipinski definition) is 5. The average molecular weight is 399 g/mol. The topological polar surface area (TPSA) is 83.8 Å². The lowest BCUT2D eigenvalue weighted by molar-refractivity contribution is 0.605. The van der Waals surface area contributed by atoms with Crippen LogP contribution in [0, 0.1) is 5.82 Å². The molecule has 1 unspecified atom stereocenters. The van der Waals surface area contributed by atoms with E-state index in [2.05, 4.69) is 54.6 Å². The second-order valence-corrected chi connectivity index (χ2v) is 7.58. The molecular formula is C22H18FN7. The highest BCUT2D eigenvalue weighted by Crippen LogP contribution is 2.31. The van der Waals surface area contributed by atoms with E-state index in [4.69, 9.17) is 0 Å². The number of fused-ring (bicyclic) bond motifs is 4. The van der Waals surface area contributed by atoms with Crippen molar-refractivity contribution in [1.29, 1.82) is 0 Å². The fourth-order valence-electron chi connectivity index (χ4n) is 4.27. The van der Waals surface area contributed by atoms with Crippen molar-refractivity contribution >= 4 is 22.4 Å². The van der Waals surface area contributed by atoms with Gasteiger partial charge in [-0.25, -0.2) is 18.9 Å². The fraction of sp³-hybridized carbons (Fsp3) is 0.182. The number of pyridine rings is 1. The van der Waals surface area contributed by atoms with Gasteiger partial charge in [-0.2, -0.15) is 0 Å². The first-order chi connectivity index (χ1) is 14.7. The monoisotopic (exact) mass is 399 g/mol. The van der Waals surface area contributed by atoms with Crippen molar-refractivity contribution in [2.75, 3.05) is 5.32 Å². The Bertz CT molecular complexity index is 1390. The number of aromatic amines is 1. The number of nitrogens with one attached hydrogen (secondary N) is 2.